The van der Waals surface area contributed by atoms with Crippen LogP contribution in [0.4, 0.5) is 0 Å². The maximum atomic E-state index is 5.34. The van der Waals surface area contributed by atoms with Crippen molar-refractivity contribution in [2.24, 2.45) is 5.73 Å². The normalized spacial score (nSPS) is 11.0. The molecule has 0 bridgehead atoms. The lowest BCUT2D eigenvalue weighted by Crippen LogP contribution is -2.01. The van der Waals surface area contributed by atoms with Gasteiger partial charge in [-0.05, 0) is 6.54 Å². The van der Waals surface area contributed by atoms with E-state index in [2.05, 4.69) is 5.16 Å². The summed E-state index contributed by atoms with van der Waals surface area (Å²) in [5, 5.41) is 3.56. The molecule has 0 fully saturated rings. The van der Waals surface area contributed by atoms with E-state index in [4.69, 9.17) is 14.7 Å². The van der Waals surface area contributed by atoms with E-state index in [1.807, 2.05) is 6.07 Å². The Morgan fingerprint density at radius 2 is 2.36 bits per heavy atom. The minimum Gasteiger partial charge on any atom is -0.456 e. The van der Waals surface area contributed by atoms with Crippen LogP contribution in [0, 0.1) is 0 Å². The van der Waals surface area contributed by atoms with Crippen molar-refractivity contribution in [3.8, 4) is 0 Å². The number of nitrogens with zero attached hydrogens (tertiary/aromatic N) is 1. The Morgan fingerprint density at radius 1 is 1.45 bits per heavy atom. The first-order chi connectivity index (χ1) is 5.40. The Labute approximate surface area is 62.9 Å². The number of aromatic nitrogens is 1. The number of hydrogen-bond donors (Lipinski definition) is 1. The van der Waals surface area contributed by atoms with E-state index in [1.165, 1.54) is 0 Å². The fraction of sp³-hybridized carbons (Fsp3) is 0.286. The summed E-state index contributed by atoms with van der Waals surface area (Å²) in [6, 6.07) is 1.81. The summed E-state index contributed by atoms with van der Waals surface area (Å²) in [7, 11) is 0. The molecule has 2 rings (SSSR count). The number of rotatable bonds is 2. The fourth-order valence-corrected chi connectivity index (χ4v) is 0.996. The molecule has 0 aliphatic heterocycles. The van der Waals surface area contributed by atoms with Gasteiger partial charge in [0.25, 0.3) is 0 Å². The number of nitrogens with two attached hydrogens (primary N) is 1. The molecule has 0 aromatic carbocycles. The van der Waals surface area contributed by atoms with Gasteiger partial charge in [-0.15, -0.1) is 0 Å². The van der Waals surface area contributed by atoms with Gasteiger partial charge in [-0.3, -0.25) is 0 Å². The molecule has 2 heterocycles. The van der Waals surface area contributed by atoms with Crippen molar-refractivity contribution in [1.82, 2.24) is 5.16 Å². The second kappa shape index (κ2) is 2.39. The lowest BCUT2D eigenvalue weighted by Gasteiger charge is -1.86. The number of hydrogen-bond acceptors (Lipinski definition) is 4. The van der Waals surface area contributed by atoms with Crippen LogP contribution in [-0.2, 0) is 6.42 Å². The molecule has 0 radical (unpaired) electrons. The average molecular weight is 152 g/mol. The topological polar surface area (TPSA) is 65.2 Å². The van der Waals surface area contributed by atoms with Crippen molar-refractivity contribution in [1.29, 1.82) is 0 Å². The van der Waals surface area contributed by atoms with Crippen molar-refractivity contribution >= 4 is 11.2 Å². The Bertz CT molecular complexity index is 321. The average Bonchev–Trinajstić information content (AvgIpc) is 2.46. The zero-order valence-electron chi connectivity index (χ0n) is 5.91. The third kappa shape index (κ3) is 1.01. The van der Waals surface area contributed by atoms with Crippen LogP contribution in [0.5, 0.6) is 0 Å². The lowest BCUT2D eigenvalue weighted by molar-refractivity contribution is 0.456. The third-order valence-corrected chi connectivity index (χ3v) is 1.49. The van der Waals surface area contributed by atoms with E-state index in [0.29, 0.717) is 17.7 Å². The van der Waals surface area contributed by atoms with Crippen LogP contribution in [0.15, 0.2) is 21.2 Å². The number of furan rings is 1. The molecule has 4 heteroatoms. The molecular formula is C7H8N2O2. The van der Waals surface area contributed by atoms with Gasteiger partial charge in [-0.1, -0.05) is 5.16 Å². The molecule has 0 saturated heterocycles. The zero-order valence-corrected chi connectivity index (χ0v) is 5.91. The Hall–Kier alpha value is -1.29. The van der Waals surface area contributed by atoms with Gasteiger partial charge >= 0.3 is 0 Å². The van der Waals surface area contributed by atoms with Crippen molar-refractivity contribution < 1.29 is 8.94 Å². The van der Waals surface area contributed by atoms with Gasteiger partial charge in [0.05, 0.1) is 0 Å². The highest BCUT2D eigenvalue weighted by atomic mass is 16.5. The highest BCUT2D eigenvalue weighted by Crippen LogP contribution is 2.18. The molecule has 0 saturated carbocycles. The summed E-state index contributed by atoms with van der Waals surface area (Å²) in [6.45, 7) is 0.587. The van der Waals surface area contributed by atoms with Crippen LogP contribution < -0.4 is 5.73 Å². The van der Waals surface area contributed by atoms with E-state index in [1.54, 1.807) is 6.20 Å². The van der Waals surface area contributed by atoms with Gasteiger partial charge in [0.15, 0.2) is 5.58 Å². The highest BCUT2D eigenvalue weighted by Gasteiger charge is 2.05. The smallest absolute Gasteiger partial charge is 0.205 e. The summed E-state index contributed by atoms with van der Waals surface area (Å²) in [5.74, 6) is 0.851. The molecular weight excluding hydrogens is 144 g/mol. The van der Waals surface area contributed by atoms with Crippen LogP contribution in [0.3, 0.4) is 0 Å². The number of fused-ring (bicyclic) bond motifs is 1. The van der Waals surface area contributed by atoms with E-state index in [0.717, 1.165) is 12.2 Å². The van der Waals surface area contributed by atoms with E-state index in [-0.39, 0.29) is 0 Å². The van der Waals surface area contributed by atoms with Crippen molar-refractivity contribution in [2.45, 2.75) is 6.42 Å². The fourth-order valence-electron chi connectivity index (χ4n) is 0.996. The van der Waals surface area contributed by atoms with E-state index in [9.17, 15) is 0 Å². The first kappa shape index (κ1) is 6.42. The van der Waals surface area contributed by atoms with Gasteiger partial charge in [-0.25, -0.2) is 0 Å². The largest absolute Gasteiger partial charge is 0.456 e. The first-order valence-electron chi connectivity index (χ1n) is 3.43. The first-order valence-corrected chi connectivity index (χ1v) is 3.43. The van der Waals surface area contributed by atoms with Crippen LogP contribution in [0.1, 0.15) is 5.76 Å². The van der Waals surface area contributed by atoms with E-state index >= 15 is 0 Å². The second-order valence-corrected chi connectivity index (χ2v) is 2.31. The molecule has 0 atom stereocenters. The van der Waals surface area contributed by atoms with Gasteiger partial charge in [0, 0.05) is 12.5 Å². The van der Waals surface area contributed by atoms with Crippen molar-refractivity contribution in [3.05, 3.63) is 18.0 Å². The molecule has 0 aliphatic rings. The second-order valence-electron chi connectivity index (χ2n) is 2.31. The van der Waals surface area contributed by atoms with Crippen LogP contribution in [0.2, 0.25) is 0 Å². The molecule has 58 valence electrons. The molecule has 2 N–H and O–H groups in total. The minimum atomic E-state index is 0.587. The molecule has 0 spiro atoms. The molecule has 2 aromatic heterocycles. The molecule has 0 aliphatic carbocycles. The Morgan fingerprint density at radius 3 is 3.09 bits per heavy atom. The predicted molar refractivity (Wildman–Crippen MR) is 39.0 cm³/mol. The summed E-state index contributed by atoms with van der Waals surface area (Å²) < 4.78 is 10.2. The molecule has 4 nitrogen and oxygen atoms in total. The Kier molecular flexibility index (Phi) is 1.40. The monoisotopic (exact) mass is 152 g/mol. The van der Waals surface area contributed by atoms with Crippen LogP contribution in [0.25, 0.3) is 11.2 Å². The van der Waals surface area contributed by atoms with Crippen molar-refractivity contribution in [2.75, 3.05) is 6.54 Å². The van der Waals surface area contributed by atoms with Crippen LogP contribution in [-0.4, -0.2) is 11.7 Å². The highest BCUT2D eigenvalue weighted by molar-refractivity contribution is 5.69. The quantitative estimate of drug-likeness (QED) is 0.694. The maximum absolute atomic E-state index is 5.34. The van der Waals surface area contributed by atoms with Crippen LogP contribution >= 0.6 is 0 Å². The maximum Gasteiger partial charge on any atom is 0.205 e. The predicted octanol–water partition coefficient (Wildman–Crippen LogP) is 0.922. The van der Waals surface area contributed by atoms with Gasteiger partial charge in [0.2, 0.25) is 5.58 Å². The summed E-state index contributed by atoms with van der Waals surface area (Å²) in [6.07, 6.45) is 2.29. The third-order valence-electron chi connectivity index (χ3n) is 1.49. The standard InChI is InChI=1S/C7H8N2O2/c8-2-1-5-3-6-7(10-5)4-9-11-6/h3-4H,1-2,8H2. The summed E-state index contributed by atoms with van der Waals surface area (Å²) in [4.78, 5) is 0. The molecule has 11 heavy (non-hydrogen) atoms. The summed E-state index contributed by atoms with van der Waals surface area (Å²) >= 11 is 0. The zero-order chi connectivity index (χ0) is 7.68. The van der Waals surface area contributed by atoms with Gasteiger partial charge < -0.3 is 14.7 Å². The lowest BCUT2D eigenvalue weighted by atomic mass is 10.3. The van der Waals surface area contributed by atoms with Crippen molar-refractivity contribution in [3.63, 3.8) is 0 Å². The molecule has 2 aromatic rings. The summed E-state index contributed by atoms with van der Waals surface area (Å²) in [5.41, 5.74) is 6.72. The molecule has 0 unspecified atom stereocenters. The van der Waals surface area contributed by atoms with Gasteiger partial charge in [-0.2, -0.15) is 0 Å². The molecule has 0 amide bonds. The SMILES string of the molecule is NCCc1cc2oncc2o1. The van der Waals surface area contributed by atoms with Gasteiger partial charge in [0.1, 0.15) is 12.0 Å². The Balaban J connectivity index is 2.42. The van der Waals surface area contributed by atoms with E-state index < -0.39 is 0 Å². The minimum absolute atomic E-state index is 0.587.